The Morgan fingerprint density at radius 2 is 1.75 bits per heavy atom. The number of anilines is 2. The van der Waals surface area contributed by atoms with Gasteiger partial charge >= 0.3 is 0 Å². The first-order valence-corrected chi connectivity index (χ1v) is 7.44. The summed E-state index contributed by atoms with van der Waals surface area (Å²) in [6, 6.07) is 0. The molecule has 2 N–H and O–H groups in total. The van der Waals surface area contributed by atoms with Crippen LogP contribution in [0.1, 0.15) is 13.3 Å². The molecule has 0 aliphatic heterocycles. The summed E-state index contributed by atoms with van der Waals surface area (Å²) in [6.45, 7) is 2.74. The molecular formula is C11H14N6O2S. The molecule has 2 heterocycles. The number of rotatable bonds is 6. The van der Waals surface area contributed by atoms with Crippen LogP contribution < -0.4 is 10.0 Å². The Balaban J connectivity index is 2.13. The minimum atomic E-state index is -3.73. The molecule has 8 nitrogen and oxygen atoms in total. The van der Waals surface area contributed by atoms with E-state index in [9.17, 15) is 8.42 Å². The van der Waals surface area contributed by atoms with Crippen molar-refractivity contribution < 1.29 is 8.42 Å². The lowest BCUT2D eigenvalue weighted by atomic mass is 10.5. The van der Waals surface area contributed by atoms with Gasteiger partial charge in [0.25, 0.3) is 10.0 Å². The van der Waals surface area contributed by atoms with Gasteiger partial charge in [-0.1, -0.05) is 6.92 Å². The van der Waals surface area contributed by atoms with Crippen molar-refractivity contribution in [1.82, 2.24) is 19.9 Å². The van der Waals surface area contributed by atoms with E-state index in [0.717, 1.165) is 13.0 Å². The second kappa shape index (κ2) is 6.24. The second-order valence-electron chi connectivity index (χ2n) is 3.90. The third-order valence-corrected chi connectivity index (χ3v) is 3.62. The Morgan fingerprint density at radius 1 is 1.10 bits per heavy atom. The standard InChI is InChI=1S/C11H14N6O2S/c1-2-3-14-11-15-6-10(7-16-11)20(18,19)17-9-4-12-8-13-5-9/h4-8,17H,2-3H2,1H3,(H,14,15,16). The van der Waals surface area contributed by atoms with Crippen LogP contribution in [0, 0.1) is 0 Å². The highest BCUT2D eigenvalue weighted by atomic mass is 32.2. The number of hydrogen-bond donors (Lipinski definition) is 2. The molecule has 0 aliphatic rings. The van der Waals surface area contributed by atoms with Gasteiger partial charge in [0.1, 0.15) is 11.2 Å². The van der Waals surface area contributed by atoms with Gasteiger partial charge in [0.15, 0.2) is 0 Å². The molecule has 0 saturated heterocycles. The Kier molecular flexibility index (Phi) is 4.41. The smallest absolute Gasteiger partial charge is 0.265 e. The third kappa shape index (κ3) is 3.60. The molecule has 106 valence electrons. The monoisotopic (exact) mass is 294 g/mol. The highest BCUT2D eigenvalue weighted by molar-refractivity contribution is 7.92. The summed E-state index contributed by atoms with van der Waals surface area (Å²) in [4.78, 5) is 15.3. The Labute approximate surface area is 116 Å². The maximum absolute atomic E-state index is 12.1. The fourth-order valence-electron chi connectivity index (χ4n) is 1.35. The number of hydrogen-bond acceptors (Lipinski definition) is 7. The predicted molar refractivity (Wildman–Crippen MR) is 73.7 cm³/mol. The molecule has 0 atom stereocenters. The third-order valence-electron chi connectivity index (χ3n) is 2.28. The number of sulfonamides is 1. The van der Waals surface area contributed by atoms with Crippen molar-refractivity contribution >= 4 is 21.7 Å². The lowest BCUT2D eigenvalue weighted by molar-refractivity contribution is 0.600. The molecule has 9 heteroatoms. The summed E-state index contributed by atoms with van der Waals surface area (Å²) < 4.78 is 26.5. The highest BCUT2D eigenvalue weighted by Gasteiger charge is 2.15. The molecule has 0 aliphatic carbocycles. The maximum atomic E-state index is 12.1. The Hall–Kier alpha value is -2.29. The van der Waals surface area contributed by atoms with Crippen LogP contribution >= 0.6 is 0 Å². The molecule has 0 fully saturated rings. The van der Waals surface area contributed by atoms with Gasteiger partial charge in [0.2, 0.25) is 5.95 Å². The largest absolute Gasteiger partial charge is 0.354 e. The molecule has 0 unspecified atom stereocenters. The van der Waals surface area contributed by atoms with Crippen molar-refractivity contribution in [2.24, 2.45) is 0 Å². The maximum Gasteiger partial charge on any atom is 0.265 e. The van der Waals surface area contributed by atoms with Crippen LogP contribution in [0.3, 0.4) is 0 Å². The summed E-state index contributed by atoms with van der Waals surface area (Å²) in [5.41, 5.74) is 0.278. The van der Waals surface area contributed by atoms with E-state index in [2.05, 4.69) is 30.0 Å². The summed E-state index contributed by atoms with van der Waals surface area (Å²) in [6.07, 6.45) is 7.47. The van der Waals surface area contributed by atoms with Gasteiger partial charge in [-0.25, -0.2) is 28.4 Å². The van der Waals surface area contributed by atoms with Crippen LogP contribution in [0.25, 0.3) is 0 Å². The van der Waals surface area contributed by atoms with Gasteiger partial charge in [-0.05, 0) is 6.42 Å². The van der Waals surface area contributed by atoms with E-state index in [1.54, 1.807) is 0 Å². The number of nitrogens with zero attached hydrogens (tertiary/aromatic N) is 4. The van der Waals surface area contributed by atoms with Gasteiger partial charge in [0, 0.05) is 6.54 Å². The van der Waals surface area contributed by atoms with Crippen LogP contribution in [0.2, 0.25) is 0 Å². The van der Waals surface area contributed by atoms with Crippen LogP contribution in [0.4, 0.5) is 11.6 Å². The van der Waals surface area contributed by atoms with Crippen LogP contribution in [0.15, 0.2) is 36.0 Å². The zero-order valence-corrected chi connectivity index (χ0v) is 11.6. The zero-order valence-electron chi connectivity index (χ0n) is 10.8. The van der Waals surface area contributed by atoms with Gasteiger partial charge in [-0.15, -0.1) is 0 Å². The van der Waals surface area contributed by atoms with Gasteiger partial charge in [-0.3, -0.25) is 4.72 Å². The second-order valence-corrected chi connectivity index (χ2v) is 5.58. The highest BCUT2D eigenvalue weighted by Crippen LogP contribution is 2.13. The SMILES string of the molecule is CCCNc1ncc(S(=O)(=O)Nc2cncnc2)cn1. The van der Waals surface area contributed by atoms with Gasteiger partial charge in [0.05, 0.1) is 30.5 Å². The molecule has 20 heavy (non-hydrogen) atoms. The van der Waals surface area contributed by atoms with Crippen molar-refractivity contribution in [1.29, 1.82) is 0 Å². The van der Waals surface area contributed by atoms with Crippen LogP contribution in [0.5, 0.6) is 0 Å². The van der Waals surface area contributed by atoms with Crippen molar-refractivity contribution in [3.8, 4) is 0 Å². The normalized spacial score (nSPS) is 11.1. The first kappa shape index (κ1) is 14.1. The predicted octanol–water partition coefficient (Wildman–Crippen LogP) is 0.889. The summed E-state index contributed by atoms with van der Waals surface area (Å²) in [5, 5.41) is 2.97. The fraction of sp³-hybridized carbons (Fsp3) is 0.273. The molecule has 2 aromatic heterocycles. The molecule has 0 saturated carbocycles. The minimum Gasteiger partial charge on any atom is -0.354 e. The van der Waals surface area contributed by atoms with E-state index in [1.165, 1.54) is 31.1 Å². The van der Waals surface area contributed by atoms with E-state index in [1.807, 2.05) is 6.92 Å². The van der Waals surface area contributed by atoms with E-state index in [-0.39, 0.29) is 10.6 Å². The van der Waals surface area contributed by atoms with E-state index in [0.29, 0.717) is 5.95 Å². The first-order valence-electron chi connectivity index (χ1n) is 5.95. The van der Waals surface area contributed by atoms with Gasteiger partial charge < -0.3 is 5.32 Å². The van der Waals surface area contributed by atoms with E-state index < -0.39 is 10.0 Å². The fourth-order valence-corrected chi connectivity index (χ4v) is 2.27. The lowest BCUT2D eigenvalue weighted by Crippen LogP contribution is -2.14. The van der Waals surface area contributed by atoms with Crippen molar-refractivity contribution in [3.63, 3.8) is 0 Å². The molecular weight excluding hydrogens is 280 g/mol. The first-order chi connectivity index (χ1) is 9.62. The average Bonchev–Trinajstić information content (AvgIpc) is 2.46. The Morgan fingerprint density at radius 3 is 2.35 bits per heavy atom. The van der Waals surface area contributed by atoms with Crippen LogP contribution in [-0.4, -0.2) is 34.9 Å². The van der Waals surface area contributed by atoms with Crippen molar-refractivity contribution in [2.75, 3.05) is 16.6 Å². The van der Waals surface area contributed by atoms with Crippen molar-refractivity contribution in [3.05, 3.63) is 31.1 Å². The van der Waals surface area contributed by atoms with E-state index >= 15 is 0 Å². The summed E-state index contributed by atoms with van der Waals surface area (Å²) in [7, 11) is -3.73. The molecule has 0 amide bonds. The number of aromatic nitrogens is 4. The Bertz CT molecular complexity index is 644. The zero-order chi connectivity index (χ0) is 14.4. The molecule has 0 aromatic carbocycles. The molecule has 0 bridgehead atoms. The molecule has 0 spiro atoms. The quantitative estimate of drug-likeness (QED) is 0.814. The van der Waals surface area contributed by atoms with Crippen molar-refractivity contribution in [2.45, 2.75) is 18.2 Å². The van der Waals surface area contributed by atoms with E-state index in [4.69, 9.17) is 0 Å². The number of nitrogens with one attached hydrogen (secondary N) is 2. The molecule has 2 rings (SSSR count). The minimum absolute atomic E-state index is 0.0246. The average molecular weight is 294 g/mol. The van der Waals surface area contributed by atoms with Crippen LogP contribution in [-0.2, 0) is 10.0 Å². The van der Waals surface area contributed by atoms with Gasteiger partial charge in [-0.2, -0.15) is 0 Å². The lowest BCUT2D eigenvalue weighted by Gasteiger charge is -2.07. The molecule has 2 aromatic rings. The summed E-state index contributed by atoms with van der Waals surface area (Å²) in [5.74, 6) is 0.397. The topological polar surface area (TPSA) is 110 Å². The summed E-state index contributed by atoms with van der Waals surface area (Å²) >= 11 is 0. The molecule has 0 radical (unpaired) electrons.